The van der Waals surface area contributed by atoms with Gasteiger partial charge in [0.05, 0.1) is 0 Å². The van der Waals surface area contributed by atoms with Gasteiger partial charge in [-0.15, -0.1) is 0 Å². The molecule has 2 atom stereocenters. The summed E-state index contributed by atoms with van der Waals surface area (Å²) in [6.45, 7) is 5.09. The molecule has 2 aromatic carbocycles. The van der Waals surface area contributed by atoms with Gasteiger partial charge in [-0.3, -0.25) is 9.59 Å². The summed E-state index contributed by atoms with van der Waals surface area (Å²) in [6.07, 6.45) is -0.978. The zero-order valence-corrected chi connectivity index (χ0v) is 16.2. The molecule has 0 radical (unpaired) electrons. The lowest BCUT2D eigenvalue weighted by Crippen LogP contribution is -2.46. The topological polar surface area (TPSA) is 72.5 Å². The van der Waals surface area contributed by atoms with Crippen LogP contribution in [-0.4, -0.2) is 29.8 Å². The molecule has 0 bridgehead atoms. The quantitative estimate of drug-likeness (QED) is 0.577. The number of benzene rings is 2. The first-order valence-corrected chi connectivity index (χ1v) is 9.03. The van der Waals surface area contributed by atoms with Crippen LogP contribution in [0.3, 0.4) is 0 Å². The second-order valence-electron chi connectivity index (χ2n) is 6.51. The molecule has 1 N–H and O–H groups in total. The molecule has 0 aliphatic carbocycles. The highest BCUT2D eigenvalue weighted by atomic mass is 35.5. The number of nitrogens with one attached hydrogen (secondary N) is 1. The Hall–Kier alpha value is -2.66. The molecule has 0 aromatic heterocycles. The zero-order chi connectivity index (χ0) is 20.0. The van der Waals surface area contributed by atoms with Crippen molar-refractivity contribution in [2.45, 2.75) is 32.9 Å². The SMILES string of the molecule is CC(OC(=O)[C@@H](NC(=O)c1ccccc1)C(C)C)C(=O)c1ccc(Cl)cc1. The molecule has 142 valence electrons. The Labute approximate surface area is 163 Å². The third kappa shape index (κ3) is 5.66. The normalized spacial score (nSPS) is 12.9. The summed E-state index contributed by atoms with van der Waals surface area (Å²) in [6, 6.07) is 14.1. The van der Waals surface area contributed by atoms with Gasteiger partial charge in [-0.25, -0.2) is 4.79 Å². The lowest BCUT2D eigenvalue weighted by molar-refractivity contribution is -0.149. The molecule has 27 heavy (non-hydrogen) atoms. The summed E-state index contributed by atoms with van der Waals surface area (Å²) in [4.78, 5) is 37.3. The number of carbonyl (C=O) groups is 3. The van der Waals surface area contributed by atoms with E-state index in [1.165, 1.54) is 6.92 Å². The highest BCUT2D eigenvalue weighted by Crippen LogP contribution is 2.14. The Morgan fingerprint density at radius 1 is 0.889 bits per heavy atom. The van der Waals surface area contributed by atoms with Crippen LogP contribution in [0.1, 0.15) is 41.5 Å². The highest BCUT2D eigenvalue weighted by Gasteiger charge is 2.29. The molecule has 0 fully saturated rings. The third-order valence-corrected chi connectivity index (χ3v) is 4.29. The molecule has 5 nitrogen and oxygen atoms in total. The van der Waals surface area contributed by atoms with Crippen molar-refractivity contribution in [1.29, 1.82) is 0 Å². The van der Waals surface area contributed by atoms with Gasteiger partial charge in [0.15, 0.2) is 6.10 Å². The summed E-state index contributed by atoms with van der Waals surface area (Å²) in [5.74, 6) is -1.56. The van der Waals surface area contributed by atoms with E-state index in [1.807, 2.05) is 0 Å². The highest BCUT2D eigenvalue weighted by molar-refractivity contribution is 6.30. The molecule has 2 aromatic rings. The standard InChI is InChI=1S/C21H22ClNO4/c1-13(2)18(23-20(25)16-7-5-4-6-8-16)21(26)27-14(3)19(24)15-9-11-17(22)12-10-15/h4-14,18H,1-3H3,(H,23,25)/t14?,18-/m0/s1. The van der Waals surface area contributed by atoms with Crippen LogP contribution in [0.5, 0.6) is 0 Å². The summed E-state index contributed by atoms with van der Waals surface area (Å²) in [5.41, 5.74) is 0.843. The van der Waals surface area contributed by atoms with Gasteiger partial charge in [-0.1, -0.05) is 43.6 Å². The van der Waals surface area contributed by atoms with E-state index in [4.69, 9.17) is 16.3 Å². The number of carbonyl (C=O) groups excluding carboxylic acids is 3. The Morgan fingerprint density at radius 2 is 1.48 bits per heavy atom. The molecule has 1 amide bonds. The number of halogens is 1. The number of ether oxygens (including phenoxy) is 1. The maximum absolute atomic E-state index is 12.5. The smallest absolute Gasteiger partial charge is 0.329 e. The second kappa shape index (κ2) is 9.33. The molecule has 2 rings (SSSR count). The predicted octanol–water partition coefficient (Wildman–Crippen LogP) is 3.91. The lowest BCUT2D eigenvalue weighted by atomic mass is 10.0. The van der Waals surface area contributed by atoms with Crippen LogP contribution < -0.4 is 5.32 Å². The van der Waals surface area contributed by atoms with Gasteiger partial charge < -0.3 is 10.1 Å². The molecule has 0 spiro atoms. The van der Waals surface area contributed by atoms with Crippen LogP contribution in [0, 0.1) is 5.92 Å². The van der Waals surface area contributed by atoms with Crippen molar-refractivity contribution in [1.82, 2.24) is 5.32 Å². The average Bonchev–Trinajstić information content (AvgIpc) is 2.66. The Bertz CT molecular complexity index is 803. The first kappa shape index (κ1) is 20.6. The maximum Gasteiger partial charge on any atom is 0.329 e. The van der Waals surface area contributed by atoms with Crippen molar-refractivity contribution in [3.63, 3.8) is 0 Å². The van der Waals surface area contributed by atoms with Crippen LogP contribution in [0.2, 0.25) is 5.02 Å². The van der Waals surface area contributed by atoms with Crippen molar-refractivity contribution in [2.24, 2.45) is 5.92 Å². The molecule has 1 unspecified atom stereocenters. The largest absolute Gasteiger partial charge is 0.453 e. The van der Waals surface area contributed by atoms with Crippen molar-refractivity contribution >= 4 is 29.3 Å². The monoisotopic (exact) mass is 387 g/mol. The van der Waals surface area contributed by atoms with Gasteiger partial charge in [0.1, 0.15) is 6.04 Å². The summed E-state index contributed by atoms with van der Waals surface area (Å²) >= 11 is 5.82. The molecular formula is C21H22ClNO4. The fourth-order valence-electron chi connectivity index (χ4n) is 2.46. The summed E-state index contributed by atoms with van der Waals surface area (Å²) in [5, 5.41) is 3.20. The van der Waals surface area contributed by atoms with E-state index in [0.717, 1.165) is 0 Å². The second-order valence-corrected chi connectivity index (χ2v) is 6.95. The van der Waals surface area contributed by atoms with E-state index >= 15 is 0 Å². The predicted molar refractivity (Wildman–Crippen MR) is 104 cm³/mol. The molecule has 0 aliphatic heterocycles. The first-order chi connectivity index (χ1) is 12.8. The summed E-state index contributed by atoms with van der Waals surface area (Å²) in [7, 11) is 0. The van der Waals surface area contributed by atoms with E-state index in [9.17, 15) is 14.4 Å². The van der Waals surface area contributed by atoms with Crippen molar-refractivity contribution in [3.8, 4) is 0 Å². The number of rotatable bonds is 7. The fourth-order valence-corrected chi connectivity index (χ4v) is 2.59. The average molecular weight is 388 g/mol. The molecule has 0 aliphatic rings. The minimum atomic E-state index is -0.978. The Morgan fingerprint density at radius 3 is 2.04 bits per heavy atom. The summed E-state index contributed by atoms with van der Waals surface area (Å²) < 4.78 is 5.32. The number of ketones is 1. The lowest BCUT2D eigenvalue weighted by Gasteiger charge is -2.23. The van der Waals surface area contributed by atoms with Gasteiger partial charge in [0.25, 0.3) is 5.91 Å². The van der Waals surface area contributed by atoms with Gasteiger partial charge in [0, 0.05) is 16.1 Å². The van der Waals surface area contributed by atoms with E-state index in [1.54, 1.807) is 68.4 Å². The van der Waals surface area contributed by atoms with Gasteiger partial charge in [-0.05, 0) is 49.2 Å². The van der Waals surface area contributed by atoms with E-state index in [-0.39, 0.29) is 17.6 Å². The van der Waals surface area contributed by atoms with Crippen molar-refractivity contribution < 1.29 is 19.1 Å². The minimum absolute atomic E-state index is 0.206. The molecule has 0 saturated carbocycles. The van der Waals surface area contributed by atoms with Gasteiger partial charge in [0.2, 0.25) is 5.78 Å². The fraction of sp³-hybridized carbons (Fsp3) is 0.286. The Balaban J connectivity index is 2.04. The molecule has 0 heterocycles. The number of esters is 1. The van der Waals surface area contributed by atoms with E-state index < -0.39 is 18.1 Å². The van der Waals surface area contributed by atoms with Gasteiger partial charge >= 0.3 is 5.97 Å². The minimum Gasteiger partial charge on any atom is -0.453 e. The maximum atomic E-state index is 12.5. The van der Waals surface area contributed by atoms with Crippen LogP contribution in [0.15, 0.2) is 54.6 Å². The van der Waals surface area contributed by atoms with E-state index in [0.29, 0.717) is 16.1 Å². The van der Waals surface area contributed by atoms with Crippen LogP contribution in [-0.2, 0) is 9.53 Å². The van der Waals surface area contributed by atoms with Crippen molar-refractivity contribution in [2.75, 3.05) is 0 Å². The van der Waals surface area contributed by atoms with Crippen LogP contribution >= 0.6 is 11.6 Å². The molecule has 0 saturated heterocycles. The first-order valence-electron chi connectivity index (χ1n) is 8.65. The number of amides is 1. The third-order valence-electron chi connectivity index (χ3n) is 4.03. The van der Waals surface area contributed by atoms with Crippen molar-refractivity contribution in [3.05, 3.63) is 70.7 Å². The Kier molecular flexibility index (Phi) is 7.13. The molecular weight excluding hydrogens is 366 g/mol. The number of hydrogen-bond acceptors (Lipinski definition) is 4. The molecule has 6 heteroatoms. The number of Topliss-reactive ketones (excluding diaryl/α,β-unsaturated/α-hetero) is 1. The van der Waals surface area contributed by atoms with Gasteiger partial charge in [-0.2, -0.15) is 0 Å². The zero-order valence-electron chi connectivity index (χ0n) is 15.4. The number of hydrogen-bond donors (Lipinski definition) is 1. The van der Waals surface area contributed by atoms with Crippen LogP contribution in [0.25, 0.3) is 0 Å². The van der Waals surface area contributed by atoms with E-state index in [2.05, 4.69) is 5.32 Å². The van der Waals surface area contributed by atoms with Crippen LogP contribution in [0.4, 0.5) is 0 Å².